The molecule has 3 aromatic rings. The fourth-order valence-electron chi connectivity index (χ4n) is 3.05. The van der Waals surface area contributed by atoms with Crippen molar-refractivity contribution in [2.24, 2.45) is 0 Å². The minimum atomic E-state index is -4.41. The molecule has 0 aliphatic heterocycles. The Morgan fingerprint density at radius 2 is 1.77 bits per heavy atom. The Kier molecular flexibility index (Phi) is 6.06. The number of halogens is 3. The van der Waals surface area contributed by atoms with E-state index in [4.69, 9.17) is 4.74 Å². The van der Waals surface area contributed by atoms with Gasteiger partial charge in [0.1, 0.15) is 11.4 Å². The second-order valence-corrected chi connectivity index (χ2v) is 8.45. The van der Waals surface area contributed by atoms with Crippen molar-refractivity contribution in [3.8, 4) is 5.75 Å². The van der Waals surface area contributed by atoms with E-state index in [0.717, 1.165) is 23.8 Å². The Morgan fingerprint density at radius 3 is 2.40 bits per heavy atom. The van der Waals surface area contributed by atoms with E-state index in [9.17, 15) is 26.4 Å². The lowest BCUT2D eigenvalue weighted by Gasteiger charge is -2.10. The summed E-state index contributed by atoms with van der Waals surface area (Å²) in [5.41, 5.74) is 0.726. The van der Waals surface area contributed by atoms with Crippen LogP contribution in [0.2, 0.25) is 0 Å². The highest BCUT2D eigenvalue weighted by molar-refractivity contribution is 7.89. The van der Waals surface area contributed by atoms with Crippen LogP contribution in [0.5, 0.6) is 5.75 Å². The quantitative estimate of drug-likeness (QED) is 0.546. The van der Waals surface area contributed by atoms with Crippen molar-refractivity contribution in [1.82, 2.24) is 9.71 Å². The Morgan fingerprint density at radius 1 is 1.10 bits per heavy atom. The van der Waals surface area contributed by atoms with Crippen molar-refractivity contribution in [2.45, 2.75) is 19.0 Å². The number of amides is 1. The number of hydrogen-bond acceptors (Lipinski definition) is 4. The number of benzene rings is 2. The molecule has 30 heavy (non-hydrogen) atoms. The van der Waals surface area contributed by atoms with Gasteiger partial charge in [0.2, 0.25) is 10.0 Å². The number of fused-ring (bicyclic) bond motifs is 1. The maximum Gasteiger partial charge on any atom is 0.416 e. The Labute approximate surface area is 171 Å². The molecule has 0 bridgehead atoms. The van der Waals surface area contributed by atoms with Gasteiger partial charge in [-0.1, -0.05) is 18.2 Å². The lowest BCUT2D eigenvalue weighted by Crippen LogP contribution is -2.30. The van der Waals surface area contributed by atoms with E-state index >= 15 is 0 Å². The summed E-state index contributed by atoms with van der Waals surface area (Å²) in [7, 11) is -3.73. The van der Waals surface area contributed by atoms with Gasteiger partial charge in [0, 0.05) is 10.9 Å². The molecule has 0 spiro atoms. The van der Waals surface area contributed by atoms with Crippen molar-refractivity contribution in [3.05, 3.63) is 65.4 Å². The van der Waals surface area contributed by atoms with Crippen molar-refractivity contribution >= 4 is 26.8 Å². The highest BCUT2D eigenvalue weighted by atomic mass is 32.2. The van der Waals surface area contributed by atoms with E-state index in [2.05, 4.69) is 4.98 Å². The Bertz CT molecular complexity index is 1150. The van der Waals surface area contributed by atoms with Crippen molar-refractivity contribution in [1.29, 1.82) is 0 Å². The number of hydrogen-bond donors (Lipinski definition) is 2. The number of aryl methyl sites for hydroxylation is 1. The number of carbonyl (C=O) groups is 1. The van der Waals surface area contributed by atoms with Crippen LogP contribution in [0, 0.1) is 0 Å². The highest BCUT2D eigenvalue weighted by Crippen LogP contribution is 2.30. The predicted molar refractivity (Wildman–Crippen MR) is 106 cm³/mol. The van der Waals surface area contributed by atoms with Crippen LogP contribution in [-0.2, 0) is 22.6 Å². The molecule has 0 saturated carbocycles. The van der Waals surface area contributed by atoms with Gasteiger partial charge >= 0.3 is 6.18 Å². The maximum absolute atomic E-state index is 12.6. The van der Waals surface area contributed by atoms with E-state index in [1.54, 1.807) is 18.2 Å². The van der Waals surface area contributed by atoms with Crippen LogP contribution in [0.4, 0.5) is 13.2 Å². The number of alkyl halides is 3. The van der Waals surface area contributed by atoms with Crippen LogP contribution in [0.25, 0.3) is 10.9 Å². The van der Waals surface area contributed by atoms with Crippen molar-refractivity contribution in [2.75, 3.05) is 12.9 Å². The summed E-state index contributed by atoms with van der Waals surface area (Å²) >= 11 is 0. The smallest absolute Gasteiger partial charge is 0.416 e. The standard InChI is InChI=1S/C20H19F3N2O4S/c1-30(27,28)25-19(26)18-16(15-5-2-3-7-17(15)24-18)6-4-12-29-14-10-8-13(9-11-14)20(21,22)23/h2-3,5,7-11,24H,4,6,12H2,1H3,(H,25,26). The molecular weight excluding hydrogens is 421 g/mol. The molecule has 160 valence electrons. The summed E-state index contributed by atoms with van der Waals surface area (Å²) in [5.74, 6) is -0.454. The summed E-state index contributed by atoms with van der Waals surface area (Å²) in [5, 5.41) is 0.783. The number of carbonyl (C=O) groups excluding carboxylic acids is 1. The van der Waals surface area contributed by atoms with E-state index < -0.39 is 27.7 Å². The molecule has 2 N–H and O–H groups in total. The van der Waals surface area contributed by atoms with Gasteiger partial charge in [-0.05, 0) is 48.7 Å². The highest BCUT2D eigenvalue weighted by Gasteiger charge is 2.30. The third-order valence-electron chi connectivity index (χ3n) is 4.34. The monoisotopic (exact) mass is 440 g/mol. The number of para-hydroxylation sites is 1. The van der Waals surface area contributed by atoms with Crippen LogP contribution in [0.15, 0.2) is 48.5 Å². The molecule has 0 fully saturated rings. The number of nitrogens with one attached hydrogen (secondary N) is 2. The first kappa shape index (κ1) is 21.7. The molecule has 3 rings (SSSR count). The average molecular weight is 440 g/mol. The molecule has 0 unspecified atom stereocenters. The molecule has 6 nitrogen and oxygen atoms in total. The largest absolute Gasteiger partial charge is 0.494 e. The fraction of sp³-hybridized carbons (Fsp3) is 0.250. The summed E-state index contributed by atoms with van der Waals surface area (Å²) in [6.45, 7) is 0.206. The minimum absolute atomic E-state index is 0.149. The first-order valence-electron chi connectivity index (χ1n) is 8.96. The number of ether oxygens (including phenoxy) is 1. The van der Waals surface area contributed by atoms with Crippen LogP contribution < -0.4 is 9.46 Å². The van der Waals surface area contributed by atoms with E-state index in [0.29, 0.717) is 29.7 Å². The number of H-pyrrole nitrogens is 1. The molecule has 1 aromatic heterocycles. The van der Waals surface area contributed by atoms with Gasteiger partial charge in [0.15, 0.2) is 0 Å². The van der Waals surface area contributed by atoms with Crippen LogP contribution in [-0.4, -0.2) is 32.2 Å². The Hall–Kier alpha value is -3.01. The normalized spacial score (nSPS) is 12.1. The molecule has 10 heteroatoms. The van der Waals surface area contributed by atoms with Gasteiger partial charge in [-0.15, -0.1) is 0 Å². The van der Waals surface area contributed by atoms with Crippen molar-refractivity contribution in [3.63, 3.8) is 0 Å². The topological polar surface area (TPSA) is 88.3 Å². The average Bonchev–Trinajstić information content (AvgIpc) is 3.02. The van der Waals surface area contributed by atoms with E-state index in [1.165, 1.54) is 12.1 Å². The van der Waals surface area contributed by atoms with Crippen LogP contribution in [0.3, 0.4) is 0 Å². The second kappa shape index (κ2) is 8.39. The molecule has 0 atom stereocenters. The van der Waals surface area contributed by atoms with Gasteiger partial charge in [0.05, 0.1) is 18.4 Å². The third-order valence-corrected chi connectivity index (χ3v) is 4.90. The summed E-state index contributed by atoms with van der Waals surface area (Å²) in [6, 6.07) is 11.6. The zero-order chi connectivity index (χ0) is 21.9. The molecule has 0 saturated heterocycles. The van der Waals surface area contributed by atoms with Gasteiger partial charge in [0.25, 0.3) is 5.91 Å². The van der Waals surface area contributed by atoms with E-state index in [-0.39, 0.29) is 12.3 Å². The Balaban J connectivity index is 1.69. The zero-order valence-electron chi connectivity index (χ0n) is 15.9. The van der Waals surface area contributed by atoms with Gasteiger partial charge in [-0.25, -0.2) is 13.1 Å². The number of aromatic nitrogens is 1. The van der Waals surface area contributed by atoms with Crippen molar-refractivity contribution < 1.29 is 31.1 Å². The summed E-state index contributed by atoms with van der Waals surface area (Å²) in [6.07, 6.45) is -2.65. The molecule has 1 heterocycles. The molecule has 0 aliphatic rings. The molecule has 1 amide bonds. The minimum Gasteiger partial charge on any atom is -0.494 e. The summed E-state index contributed by atoms with van der Waals surface area (Å²) < 4.78 is 68.1. The fourth-order valence-corrected chi connectivity index (χ4v) is 3.49. The van der Waals surface area contributed by atoms with Crippen LogP contribution >= 0.6 is 0 Å². The number of sulfonamides is 1. The SMILES string of the molecule is CS(=O)(=O)NC(=O)c1[nH]c2ccccc2c1CCCOc1ccc(C(F)(F)F)cc1. The first-order valence-corrected chi connectivity index (χ1v) is 10.9. The van der Waals surface area contributed by atoms with Gasteiger partial charge < -0.3 is 9.72 Å². The number of aromatic amines is 1. The summed E-state index contributed by atoms with van der Waals surface area (Å²) in [4.78, 5) is 15.3. The lowest BCUT2D eigenvalue weighted by atomic mass is 10.1. The third kappa shape index (κ3) is 5.32. The predicted octanol–water partition coefficient (Wildman–Crippen LogP) is 3.89. The molecular formula is C20H19F3N2O4S. The lowest BCUT2D eigenvalue weighted by molar-refractivity contribution is -0.137. The van der Waals surface area contributed by atoms with Gasteiger partial charge in [-0.3, -0.25) is 4.79 Å². The molecule has 2 aromatic carbocycles. The van der Waals surface area contributed by atoms with E-state index in [1.807, 2.05) is 10.8 Å². The van der Waals surface area contributed by atoms with Crippen LogP contribution in [0.1, 0.15) is 28.0 Å². The maximum atomic E-state index is 12.6. The molecule has 0 aliphatic carbocycles. The number of rotatable bonds is 7. The second-order valence-electron chi connectivity index (χ2n) is 6.70. The first-order chi connectivity index (χ1) is 14.0. The zero-order valence-corrected chi connectivity index (χ0v) is 16.7. The van der Waals surface area contributed by atoms with Gasteiger partial charge in [-0.2, -0.15) is 13.2 Å². The molecule has 0 radical (unpaired) electrons.